The second-order valence-corrected chi connectivity index (χ2v) is 5.52. The molecule has 2 unspecified atom stereocenters. The first-order chi connectivity index (χ1) is 8.58. The molecule has 2 fully saturated rings. The van der Waals surface area contributed by atoms with Gasteiger partial charge in [-0.3, -0.25) is 4.79 Å². The summed E-state index contributed by atoms with van der Waals surface area (Å²) < 4.78 is 4.82. The summed E-state index contributed by atoms with van der Waals surface area (Å²) >= 11 is 0. The molecule has 0 saturated carbocycles. The van der Waals surface area contributed by atoms with Crippen LogP contribution in [0.25, 0.3) is 0 Å². The molecule has 2 heterocycles. The number of carbonyl (C=O) groups excluding carboxylic acids is 2. The molecule has 2 rings (SSSR count). The number of methoxy groups -OCH3 is 1. The molecule has 0 aliphatic carbocycles. The fourth-order valence-electron chi connectivity index (χ4n) is 2.90. The van der Waals surface area contributed by atoms with Crippen molar-refractivity contribution in [1.82, 2.24) is 10.2 Å². The SMILES string of the molecule is COC(=O)C1CCCCN1C(=O)C1(C)CCNC1. The number of ether oxygens (including phenoxy) is 1. The Morgan fingerprint density at radius 2 is 2.17 bits per heavy atom. The number of piperidine rings is 1. The van der Waals surface area contributed by atoms with E-state index in [-0.39, 0.29) is 23.3 Å². The van der Waals surface area contributed by atoms with Crippen LogP contribution in [0.2, 0.25) is 0 Å². The summed E-state index contributed by atoms with van der Waals surface area (Å²) in [4.78, 5) is 26.1. The minimum absolute atomic E-state index is 0.0996. The van der Waals surface area contributed by atoms with Crippen LogP contribution in [0.4, 0.5) is 0 Å². The Bertz CT molecular complexity index is 337. The highest BCUT2D eigenvalue weighted by atomic mass is 16.5. The first kappa shape index (κ1) is 13.3. The number of rotatable bonds is 2. The molecule has 2 aliphatic rings. The maximum absolute atomic E-state index is 12.6. The molecule has 2 atom stereocenters. The lowest BCUT2D eigenvalue weighted by Crippen LogP contribution is -2.53. The topological polar surface area (TPSA) is 58.6 Å². The van der Waals surface area contributed by atoms with Crippen LogP contribution < -0.4 is 5.32 Å². The van der Waals surface area contributed by atoms with Crippen molar-refractivity contribution < 1.29 is 14.3 Å². The van der Waals surface area contributed by atoms with Crippen LogP contribution in [0.15, 0.2) is 0 Å². The number of hydrogen-bond acceptors (Lipinski definition) is 4. The fourth-order valence-corrected chi connectivity index (χ4v) is 2.90. The Balaban J connectivity index is 2.13. The molecule has 0 aromatic heterocycles. The summed E-state index contributed by atoms with van der Waals surface area (Å²) in [5.74, 6) is -0.180. The summed E-state index contributed by atoms with van der Waals surface area (Å²) in [7, 11) is 1.39. The third-order valence-electron chi connectivity index (χ3n) is 4.12. The van der Waals surface area contributed by atoms with Gasteiger partial charge >= 0.3 is 5.97 Å². The zero-order valence-corrected chi connectivity index (χ0v) is 11.2. The molecule has 0 aromatic rings. The summed E-state index contributed by atoms with van der Waals surface area (Å²) in [5.41, 5.74) is -0.358. The van der Waals surface area contributed by atoms with Gasteiger partial charge in [-0.25, -0.2) is 4.79 Å². The van der Waals surface area contributed by atoms with Gasteiger partial charge in [0, 0.05) is 13.1 Å². The fraction of sp³-hybridized carbons (Fsp3) is 0.846. The van der Waals surface area contributed by atoms with Gasteiger partial charge in [-0.15, -0.1) is 0 Å². The van der Waals surface area contributed by atoms with Crippen molar-refractivity contribution >= 4 is 11.9 Å². The van der Waals surface area contributed by atoms with Crippen molar-refractivity contribution in [3.8, 4) is 0 Å². The minimum atomic E-state index is -0.381. The molecule has 2 saturated heterocycles. The molecule has 18 heavy (non-hydrogen) atoms. The van der Waals surface area contributed by atoms with Crippen LogP contribution in [0, 0.1) is 5.41 Å². The average molecular weight is 254 g/mol. The van der Waals surface area contributed by atoms with E-state index in [2.05, 4.69) is 5.32 Å². The van der Waals surface area contributed by atoms with Crippen molar-refractivity contribution in [1.29, 1.82) is 0 Å². The van der Waals surface area contributed by atoms with Crippen molar-refractivity contribution in [3.63, 3.8) is 0 Å². The highest BCUT2D eigenvalue weighted by Crippen LogP contribution is 2.30. The van der Waals surface area contributed by atoms with E-state index >= 15 is 0 Å². The smallest absolute Gasteiger partial charge is 0.328 e. The lowest BCUT2D eigenvalue weighted by molar-refractivity contribution is -0.158. The highest BCUT2D eigenvalue weighted by Gasteiger charge is 2.43. The molecule has 1 N–H and O–H groups in total. The molecule has 2 aliphatic heterocycles. The normalized spacial score (nSPS) is 32.3. The van der Waals surface area contributed by atoms with Crippen LogP contribution in [0.5, 0.6) is 0 Å². The van der Waals surface area contributed by atoms with Gasteiger partial charge in [-0.1, -0.05) is 0 Å². The molecule has 5 heteroatoms. The summed E-state index contributed by atoms with van der Waals surface area (Å²) in [6.07, 6.45) is 3.53. The van der Waals surface area contributed by atoms with E-state index in [0.29, 0.717) is 13.1 Å². The molecular formula is C13H22N2O3. The third-order valence-corrected chi connectivity index (χ3v) is 4.12. The maximum Gasteiger partial charge on any atom is 0.328 e. The van der Waals surface area contributed by atoms with Crippen molar-refractivity contribution in [2.24, 2.45) is 5.41 Å². The van der Waals surface area contributed by atoms with Crippen molar-refractivity contribution in [2.75, 3.05) is 26.7 Å². The maximum atomic E-state index is 12.6. The zero-order valence-electron chi connectivity index (χ0n) is 11.2. The van der Waals surface area contributed by atoms with E-state index in [9.17, 15) is 9.59 Å². The Labute approximate surface area is 108 Å². The third kappa shape index (κ3) is 2.36. The Kier molecular flexibility index (Phi) is 3.90. The number of likely N-dealkylation sites (tertiary alicyclic amines) is 1. The van der Waals surface area contributed by atoms with E-state index in [1.165, 1.54) is 7.11 Å². The summed E-state index contributed by atoms with van der Waals surface area (Å²) in [5, 5.41) is 3.23. The van der Waals surface area contributed by atoms with Gasteiger partial charge in [0.05, 0.1) is 12.5 Å². The predicted octanol–water partition coefficient (Wildman–Crippen LogP) is 0.540. The minimum Gasteiger partial charge on any atom is -0.467 e. The lowest BCUT2D eigenvalue weighted by Gasteiger charge is -2.38. The zero-order chi connectivity index (χ0) is 13.2. The van der Waals surface area contributed by atoms with E-state index in [1.54, 1.807) is 4.90 Å². The number of hydrogen-bond donors (Lipinski definition) is 1. The lowest BCUT2D eigenvalue weighted by atomic mass is 9.86. The first-order valence-electron chi connectivity index (χ1n) is 6.68. The van der Waals surface area contributed by atoms with Crippen LogP contribution in [0.1, 0.15) is 32.6 Å². The molecule has 1 amide bonds. The van der Waals surface area contributed by atoms with E-state index in [4.69, 9.17) is 4.74 Å². The molecular weight excluding hydrogens is 232 g/mol. The van der Waals surface area contributed by atoms with Gasteiger partial charge in [-0.05, 0) is 39.2 Å². The number of esters is 1. The first-order valence-corrected chi connectivity index (χ1v) is 6.68. The van der Waals surface area contributed by atoms with Crippen LogP contribution in [-0.4, -0.2) is 49.6 Å². The largest absolute Gasteiger partial charge is 0.467 e. The summed E-state index contributed by atoms with van der Waals surface area (Å²) in [6, 6.07) is -0.381. The quantitative estimate of drug-likeness (QED) is 0.731. The van der Waals surface area contributed by atoms with Crippen molar-refractivity contribution in [3.05, 3.63) is 0 Å². The van der Waals surface area contributed by atoms with Gasteiger partial charge < -0.3 is 15.0 Å². The van der Waals surface area contributed by atoms with Crippen LogP contribution in [-0.2, 0) is 14.3 Å². The summed E-state index contributed by atoms with van der Waals surface area (Å²) in [6.45, 7) is 4.24. The standard InChI is InChI=1S/C13H22N2O3/c1-13(6-7-14-9-13)12(17)15-8-4-3-5-10(15)11(16)18-2/h10,14H,3-9H2,1-2H3. The van der Waals surface area contributed by atoms with E-state index in [1.807, 2.05) is 6.92 Å². The number of carbonyl (C=O) groups is 2. The average Bonchev–Trinajstić information content (AvgIpc) is 2.85. The second kappa shape index (κ2) is 5.26. The molecule has 0 aromatic carbocycles. The molecule has 102 valence electrons. The molecule has 0 radical (unpaired) electrons. The van der Waals surface area contributed by atoms with Crippen LogP contribution >= 0.6 is 0 Å². The van der Waals surface area contributed by atoms with Gasteiger partial charge in [-0.2, -0.15) is 0 Å². The van der Waals surface area contributed by atoms with E-state index in [0.717, 1.165) is 32.2 Å². The molecule has 0 bridgehead atoms. The van der Waals surface area contributed by atoms with Crippen LogP contribution in [0.3, 0.4) is 0 Å². The number of amides is 1. The monoisotopic (exact) mass is 254 g/mol. The highest BCUT2D eigenvalue weighted by molar-refractivity contribution is 5.88. The molecule has 0 spiro atoms. The van der Waals surface area contributed by atoms with Crippen molar-refractivity contribution in [2.45, 2.75) is 38.6 Å². The van der Waals surface area contributed by atoms with Gasteiger partial charge in [0.1, 0.15) is 6.04 Å². The van der Waals surface area contributed by atoms with Gasteiger partial charge in [0.25, 0.3) is 0 Å². The second-order valence-electron chi connectivity index (χ2n) is 5.52. The number of nitrogens with one attached hydrogen (secondary N) is 1. The van der Waals surface area contributed by atoms with Gasteiger partial charge in [0.15, 0.2) is 0 Å². The Hall–Kier alpha value is -1.10. The van der Waals surface area contributed by atoms with Gasteiger partial charge in [0.2, 0.25) is 5.91 Å². The number of nitrogens with zero attached hydrogens (tertiary/aromatic N) is 1. The van der Waals surface area contributed by atoms with E-state index < -0.39 is 0 Å². The predicted molar refractivity (Wildman–Crippen MR) is 67.0 cm³/mol. The molecule has 5 nitrogen and oxygen atoms in total. The Morgan fingerprint density at radius 1 is 1.39 bits per heavy atom. The Morgan fingerprint density at radius 3 is 2.78 bits per heavy atom.